The Hall–Kier alpha value is -1.30. The molecule has 2 aliphatic rings. The van der Waals surface area contributed by atoms with Crippen molar-refractivity contribution in [2.24, 2.45) is 5.92 Å². The van der Waals surface area contributed by atoms with Crippen molar-refractivity contribution in [2.45, 2.75) is 50.8 Å². The molecule has 3 unspecified atom stereocenters. The lowest BCUT2D eigenvalue weighted by Crippen LogP contribution is -2.58. The fourth-order valence-corrected chi connectivity index (χ4v) is 2.68. The Morgan fingerprint density at radius 2 is 2.00 bits per heavy atom. The third-order valence-electron chi connectivity index (χ3n) is 4.36. The summed E-state index contributed by atoms with van der Waals surface area (Å²) in [6, 6.07) is -0.323. The van der Waals surface area contributed by atoms with Crippen LogP contribution < -0.4 is 5.32 Å². The van der Waals surface area contributed by atoms with Gasteiger partial charge in [-0.3, -0.25) is 0 Å². The topological polar surface area (TPSA) is 78.9 Å². The van der Waals surface area contributed by atoms with Crippen LogP contribution in [0.4, 0.5) is 4.79 Å². The standard InChI is InChI=1S/C13H22N2O4/c1-8-10(6-7-19-8)15(3)12(18)14-13(2,11(16)17)9-4-5-9/h8-10H,4-7H2,1-3H3,(H,14,18)(H,16,17). The van der Waals surface area contributed by atoms with Gasteiger partial charge >= 0.3 is 12.0 Å². The van der Waals surface area contributed by atoms with E-state index in [9.17, 15) is 14.7 Å². The minimum atomic E-state index is -1.16. The molecule has 2 fully saturated rings. The Kier molecular flexibility index (Phi) is 3.71. The van der Waals surface area contributed by atoms with E-state index in [0.29, 0.717) is 6.61 Å². The molecule has 1 saturated carbocycles. The molecule has 1 heterocycles. The van der Waals surface area contributed by atoms with Crippen LogP contribution in [0.3, 0.4) is 0 Å². The van der Waals surface area contributed by atoms with Crippen LogP contribution in [0.1, 0.15) is 33.1 Å². The van der Waals surface area contributed by atoms with Gasteiger partial charge in [0.05, 0.1) is 12.1 Å². The molecule has 19 heavy (non-hydrogen) atoms. The number of urea groups is 1. The quantitative estimate of drug-likeness (QED) is 0.800. The third kappa shape index (κ3) is 2.68. The number of carbonyl (C=O) groups excluding carboxylic acids is 1. The first-order valence-corrected chi connectivity index (χ1v) is 6.76. The summed E-state index contributed by atoms with van der Waals surface area (Å²) < 4.78 is 5.44. The highest BCUT2D eigenvalue weighted by atomic mass is 16.5. The monoisotopic (exact) mass is 270 g/mol. The molecule has 2 rings (SSSR count). The Labute approximate surface area is 113 Å². The molecule has 0 aromatic rings. The van der Waals surface area contributed by atoms with Crippen molar-refractivity contribution in [2.75, 3.05) is 13.7 Å². The highest BCUT2D eigenvalue weighted by molar-refractivity contribution is 5.86. The molecule has 6 nitrogen and oxygen atoms in total. The Balaban J connectivity index is 2.01. The van der Waals surface area contributed by atoms with Gasteiger partial charge < -0.3 is 20.1 Å². The molecule has 0 aromatic carbocycles. The van der Waals surface area contributed by atoms with Gasteiger partial charge in [-0.15, -0.1) is 0 Å². The van der Waals surface area contributed by atoms with Crippen molar-refractivity contribution in [3.8, 4) is 0 Å². The largest absolute Gasteiger partial charge is 0.480 e. The second kappa shape index (κ2) is 5.00. The number of carbonyl (C=O) groups is 2. The van der Waals surface area contributed by atoms with E-state index in [0.717, 1.165) is 19.3 Å². The number of hydrogen-bond donors (Lipinski definition) is 2. The summed E-state index contributed by atoms with van der Waals surface area (Å²) in [6.45, 7) is 4.16. The van der Waals surface area contributed by atoms with Crippen molar-refractivity contribution in [3.63, 3.8) is 0 Å². The number of nitrogens with zero attached hydrogens (tertiary/aromatic N) is 1. The van der Waals surface area contributed by atoms with Gasteiger partial charge in [0.2, 0.25) is 0 Å². The first kappa shape index (κ1) is 14.1. The predicted octanol–water partition coefficient (Wildman–Crippen LogP) is 1.06. The lowest BCUT2D eigenvalue weighted by atomic mass is 9.96. The summed E-state index contributed by atoms with van der Waals surface area (Å²) in [6.07, 6.45) is 2.50. The molecule has 0 radical (unpaired) electrons. The van der Waals surface area contributed by atoms with E-state index in [1.165, 1.54) is 0 Å². The maximum absolute atomic E-state index is 12.2. The molecule has 1 aliphatic heterocycles. The van der Waals surface area contributed by atoms with Gasteiger partial charge in [0.15, 0.2) is 0 Å². The molecule has 0 aromatic heterocycles. The average molecular weight is 270 g/mol. The summed E-state index contributed by atoms with van der Waals surface area (Å²) in [5.41, 5.74) is -1.16. The van der Waals surface area contributed by atoms with E-state index < -0.39 is 11.5 Å². The van der Waals surface area contributed by atoms with E-state index in [4.69, 9.17) is 4.74 Å². The van der Waals surface area contributed by atoms with Crippen LogP contribution in [-0.2, 0) is 9.53 Å². The van der Waals surface area contributed by atoms with Crippen molar-refractivity contribution < 1.29 is 19.4 Å². The zero-order chi connectivity index (χ0) is 14.2. The molecule has 108 valence electrons. The minimum absolute atomic E-state index is 0.00670. The van der Waals surface area contributed by atoms with Gasteiger partial charge in [0.25, 0.3) is 0 Å². The Morgan fingerprint density at radius 1 is 1.37 bits per heavy atom. The SMILES string of the molecule is CC1OCCC1N(C)C(=O)NC(C)(C(=O)O)C1CC1. The van der Waals surface area contributed by atoms with E-state index >= 15 is 0 Å². The zero-order valence-corrected chi connectivity index (χ0v) is 11.7. The van der Waals surface area contributed by atoms with Crippen molar-refractivity contribution in [1.29, 1.82) is 0 Å². The van der Waals surface area contributed by atoms with Crippen LogP contribution in [0, 0.1) is 5.92 Å². The minimum Gasteiger partial charge on any atom is -0.480 e. The number of amides is 2. The Morgan fingerprint density at radius 3 is 2.42 bits per heavy atom. The summed E-state index contributed by atoms with van der Waals surface area (Å²) in [7, 11) is 1.69. The number of hydrogen-bond acceptors (Lipinski definition) is 3. The van der Waals surface area contributed by atoms with Gasteiger partial charge in [-0.1, -0.05) is 0 Å². The number of carboxylic acids is 1. The number of likely N-dealkylation sites (N-methyl/N-ethyl adjacent to an activating group) is 1. The maximum Gasteiger partial charge on any atom is 0.329 e. The lowest BCUT2D eigenvalue weighted by Gasteiger charge is -2.32. The fraction of sp³-hybridized carbons (Fsp3) is 0.846. The fourth-order valence-electron chi connectivity index (χ4n) is 2.68. The van der Waals surface area contributed by atoms with Crippen LogP contribution in [0.25, 0.3) is 0 Å². The summed E-state index contributed by atoms with van der Waals surface area (Å²) in [5.74, 6) is -0.924. The molecule has 2 N–H and O–H groups in total. The molecule has 6 heteroatoms. The lowest BCUT2D eigenvalue weighted by molar-refractivity contribution is -0.144. The number of carboxylic acid groups (broad SMARTS) is 1. The third-order valence-corrected chi connectivity index (χ3v) is 4.36. The van der Waals surface area contributed by atoms with E-state index in [1.54, 1.807) is 18.9 Å². The van der Waals surface area contributed by atoms with Crippen LogP contribution in [0.15, 0.2) is 0 Å². The normalized spacial score (nSPS) is 29.6. The predicted molar refractivity (Wildman–Crippen MR) is 68.9 cm³/mol. The van der Waals surface area contributed by atoms with E-state index in [1.807, 2.05) is 6.92 Å². The van der Waals surface area contributed by atoms with Gasteiger partial charge in [-0.2, -0.15) is 0 Å². The molecular formula is C13H22N2O4. The van der Waals surface area contributed by atoms with Crippen molar-refractivity contribution in [1.82, 2.24) is 10.2 Å². The molecule has 3 atom stereocenters. The van der Waals surface area contributed by atoms with Gasteiger partial charge in [0, 0.05) is 13.7 Å². The highest BCUT2D eigenvalue weighted by Crippen LogP contribution is 2.39. The molecule has 0 bridgehead atoms. The van der Waals surface area contributed by atoms with Crippen LogP contribution in [-0.4, -0.2) is 53.3 Å². The highest BCUT2D eigenvalue weighted by Gasteiger charge is 2.49. The van der Waals surface area contributed by atoms with E-state index in [-0.39, 0.29) is 24.1 Å². The Bertz CT molecular complexity index is 383. The number of aliphatic carboxylic acids is 1. The smallest absolute Gasteiger partial charge is 0.329 e. The molecule has 1 aliphatic carbocycles. The van der Waals surface area contributed by atoms with Crippen LogP contribution in [0.5, 0.6) is 0 Å². The number of rotatable bonds is 4. The molecular weight excluding hydrogens is 248 g/mol. The van der Waals surface area contributed by atoms with Crippen molar-refractivity contribution in [3.05, 3.63) is 0 Å². The zero-order valence-electron chi connectivity index (χ0n) is 11.7. The summed E-state index contributed by atoms with van der Waals surface area (Å²) in [4.78, 5) is 25.2. The van der Waals surface area contributed by atoms with Gasteiger partial charge in [0.1, 0.15) is 5.54 Å². The average Bonchev–Trinajstić information content (AvgIpc) is 3.11. The number of nitrogens with one attached hydrogen (secondary N) is 1. The van der Waals surface area contributed by atoms with E-state index in [2.05, 4.69) is 5.32 Å². The summed E-state index contributed by atoms with van der Waals surface area (Å²) in [5, 5.41) is 12.0. The van der Waals surface area contributed by atoms with Crippen LogP contribution in [0.2, 0.25) is 0 Å². The maximum atomic E-state index is 12.2. The van der Waals surface area contributed by atoms with Gasteiger partial charge in [-0.25, -0.2) is 9.59 Å². The van der Waals surface area contributed by atoms with Gasteiger partial charge in [-0.05, 0) is 39.0 Å². The molecule has 2 amide bonds. The summed E-state index contributed by atoms with van der Waals surface area (Å²) >= 11 is 0. The molecule has 0 spiro atoms. The first-order valence-electron chi connectivity index (χ1n) is 6.76. The first-order chi connectivity index (χ1) is 8.86. The van der Waals surface area contributed by atoms with Crippen molar-refractivity contribution >= 4 is 12.0 Å². The molecule has 1 saturated heterocycles. The van der Waals surface area contributed by atoms with Crippen LogP contribution >= 0.6 is 0 Å². The second-order valence-electron chi connectivity index (χ2n) is 5.75. The second-order valence-corrected chi connectivity index (χ2v) is 5.75. The number of ether oxygens (including phenoxy) is 1.